The van der Waals surface area contributed by atoms with Crippen molar-refractivity contribution in [2.45, 2.75) is 10.4 Å². The van der Waals surface area contributed by atoms with Gasteiger partial charge in [0.15, 0.2) is 5.06 Å². The van der Waals surface area contributed by atoms with E-state index < -0.39 is 16.2 Å². The van der Waals surface area contributed by atoms with E-state index in [4.69, 9.17) is 104 Å². The molecule has 0 saturated heterocycles. The van der Waals surface area contributed by atoms with Gasteiger partial charge in [0.1, 0.15) is 11.1 Å². The molecule has 0 amide bonds. The third-order valence-electron chi connectivity index (χ3n) is 3.77. The van der Waals surface area contributed by atoms with Crippen molar-refractivity contribution in [3.05, 3.63) is 41.3 Å². The summed E-state index contributed by atoms with van der Waals surface area (Å²) in [5, 5.41) is 16.7. The molecule has 2 N–H and O–H groups in total. The van der Waals surface area contributed by atoms with E-state index in [-0.39, 0.29) is 57.1 Å². The van der Waals surface area contributed by atoms with Crippen molar-refractivity contribution in [1.82, 2.24) is 0 Å². The molecule has 2 atom stereocenters. The number of alkyl halides is 2. The van der Waals surface area contributed by atoms with Crippen LogP contribution in [0.5, 0.6) is 5.75 Å². The summed E-state index contributed by atoms with van der Waals surface area (Å²) < 4.78 is 0. The molecule has 134 valence electrons. The standard InChI is InChI=1S/C14H3Cl9O2/c15-5-1-2-4(14(23,25)13(22)11(21)6(2)16)8(18)12(24)3(1)7(17)10(20)9(5)19/h13,24-25H. The Bertz CT molecular complexity index is 981. The topological polar surface area (TPSA) is 40.5 Å². The van der Waals surface area contributed by atoms with Crippen LogP contribution in [0.3, 0.4) is 0 Å². The fourth-order valence-corrected chi connectivity index (χ4v) is 5.22. The third-order valence-corrected chi connectivity index (χ3v) is 8.00. The lowest BCUT2D eigenvalue weighted by molar-refractivity contribution is 0.133. The minimum Gasteiger partial charge on any atom is -0.506 e. The van der Waals surface area contributed by atoms with E-state index in [0.717, 1.165) is 0 Å². The van der Waals surface area contributed by atoms with Crippen molar-refractivity contribution >= 4 is 120 Å². The number of aliphatic hydroxyl groups is 1. The molecule has 0 fully saturated rings. The second-order valence-corrected chi connectivity index (χ2v) is 8.80. The fourth-order valence-electron chi connectivity index (χ4n) is 2.63. The van der Waals surface area contributed by atoms with E-state index in [2.05, 4.69) is 0 Å². The molecular formula is C14H3Cl9O2. The monoisotopic (exact) mass is 518 g/mol. The molecule has 2 aromatic rings. The Balaban J connectivity index is 2.73. The molecule has 0 spiro atoms. The normalized spacial score (nSPS) is 23.4. The molecule has 3 rings (SSSR count). The van der Waals surface area contributed by atoms with Crippen molar-refractivity contribution in [3.63, 3.8) is 0 Å². The molecule has 1 aliphatic rings. The summed E-state index contributed by atoms with van der Waals surface area (Å²) in [6, 6.07) is 0. The number of hydrogen-bond donors (Lipinski definition) is 2. The molecule has 0 aromatic heterocycles. The largest absolute Gasteiger partial charge is 0.506 e. The molecule has 11 heteroatoms. The molecule has 1 aliphatic carbocycles. The fraction of sp³-hybridized carbons (Fsp3) is 0.143. The molecule has 2 aromatic carbocycles. The van der Waals surface area contributed by atoms with E-state index >= 15 is 0 Å². The quantitative estimate of drug-likeness (QED) is 0.209. The Hall–Kier alpha value is 0.810. The SMILES string of the molecule is Oc1c(Cl)c2c(c3c(Cl)c(Cl)c(Cl)c(Cl)c13)C(Cl)=C(Cl)C(Cl)C2(O)Cl. The maximum Gasteiger partial charge on any atom is 0.188 e. The average molecular weight is 522 g/mol. The van der Waals surface area contributed by atoms with Gasteiger partial charge in [-0.15, -0.1) is 11.6 Å². The molecule has 0 radical (unpaired) electrons. The van der Waals surface area contributed by atoms with Gasteiger partial charge in [-0.3, -0.25) is 0 Å². The molecule has 0 bridgehead atoms. The van der Waals surface area contributed by atoms with Crippen molar-refractivity contribution in [3.8, 4) is 5.75 Å². The van der Waals surface area contributed by atoms with Gasteiger partial charge in [0.05, 0.1) is 35.2 Å². The highest BCUT2D eigenvalue weighted by Gasteiger charge is 2.48. The van der Waals surface area contributed by atoms with Gasteiger partial charge in [-0.1, -0.05) is 92.8 Å². The molecule has 0 aliphatic heterocycles. The third kappa shape index (κ3) is 2.73. The van der Waals surface area contributed by atoms with Crippen LogP contribution < -0.4 is 0 Å². The van der Waals surface area contributed by atoms with Crippen LogP contribution in [0, 0.1) is 0 Å². The van der Waals surface area contributed by atoms with E-state index in [9.17, 15) is 10.2 Å². The molecule has 0 heterocycles. The predicted molar refractivity (Wildman–Crippen MR) is 109 cm³/mol. The highest BCUT2D eigenvalue weighted by molar-refractivity contribution is 6.61. The minimum atomic E-state index is -2.28. The van der Waals surface area contributed by atoms with Crippen LogP contribution in [-0.4, -0.2) is 15.6 Å². The minimum absolute atomic E-state index is 0.0204. The Morgan fingerprint density at radius 3 is 1.76 bits per heavy atom. The van der Waals surface area contributed by atoms with Crippen LogP contribution in [0.1, 0.15) is 11.1 Å². The second-order valence-electron chi connectivity index (χ2n) is 5.12. The van der Waals surface area contributed by atoms with Crippen molar-refractivity contribution < 1.29 is 10.2 Å². The summed E-state index contributed by atoms with van der Waals surface area (Å²) in [5.41, 5.74) is -0.129. The van der Waals surface area contributed by atoms with Crippen molar-refractivity contribution in [1.29, 1.82) is 0 Å². The Labute approximate surface area is 186 Å². The second kappa shape index (κ2) is 6.70. The number of benzene rings is 2. The van der Waals surface area contributed by atoms with Gasteiger partial charge in [0, 0.05) is 21.9 Å². The number of hydrogen-bond acceptors (Lipinski definition) is 2. The maximum atomic E-state index is 10.7. The molecule has 2 unspecified atom stereocenters. The summed E-state index contributed by atoms with van der Waals surface area (Å²) in [4.78, 5) is 0. The number of phenols is 1. The highest BCUT2D eigenvalue weighted by atomic mass is 35.5. The first-order valence-corrected chi connectivity index (χ1v) is 9.71. The van der Waals surface area contributed by atoms with Crippen LogP contribution in [0.4, 0.5) is 0 Å². The van der Waals surface area contributed by atoms with Crippen LogP contribution in [0.2, 0.25) is 25.1 Å². The zero-order valence-corrected chi connectivity index (χ0v) is 18.2. The smallest absolute Gasteiger partial charge is 0.188 e. The average Bonchev–Trinajstić information content (AvgIpc) is 2.56. The molecule has 0 saturated carbocycles. The lowest BCUT2D eigenvalue weighted by Gasteiger charge is -2.35. The summed E-state index contributed by atoms with van der Waals surface area (Å²) >= 11 is 55.5. The highest BCUT2D eigenvalue weighted by Crippen LogP contribution is 2.59. The first kappa shape index (κ1) is 20.5. The van der Waals surface area contributed by atoms with E-state index in [1.54, 1.807) is 0 Å². The van der Waals surface area contributed by atoms with Gasteiger partial charge in [-0.25, -0.2) is 0 Å². The van der Waals surface area contributed by atoms with Crippen LogP contribution in [0.25, 0.3) is 15.8 Å². The van der Waals surface area contributed by atoms with E-state index in [1.165, 1.54) is 0 Å². The van der Waals surface area contributed by atoms with E-state index in [0.29, 0.717) is 0 Å². The van der Waals surface area contributed by atoms with Gasteiger partial charge < -0.3 is 10.2 Å². The predicted octanol–water partition coefficient (Wildman–Crippen LogP) is 7.96. The molecule has 2 nitrogen and oxygen atoms in total. The Morgan fingerprint density at radius 2 is 1.24 bits per heavy atom. The van der Waals surface area contributed by atoms with Crippen LogP contribution in [-0.2, 0) is 5.06 Å². The Morgan fingerprint density at radius 1 is 0.760 bits per heavy atom. The number of fused-ring (bicyclic) bond motifs is 3. The summed E-state index contributed by atoms with van der Waals surface area (Å²) in [5.74, 6) is -0.522. The zero-order chi connectivity index (χ0) is 19.0. The lowest BCUT2D eigenvalue weighted by Crippen LogP contribution is -2.35. The Kier molecular flexibility index (Phi) is 5.51. The first-order chi connectivity index (χ1) is 11.4. The van der Waals surface area contributed by atoms with Crippen LogP contribution >= 0.6 is 104 Å². The van der Waals surface area contributed by atoms with Gasteiger partial charge in [0.25, 0.3) is 0 Å². The molecule has 25 heavy (non-hydrogen) atoms. The van der Waals surface area contributed by atoms with E-state index in [1.807, 2.05) is 0 Å². The molecular weight excluding hydrogens is 519 g/mol. The maximum absolute atomic E-state index is 10.7. The lowest BCUT2D eigenvalue weighted by atomic mass is 9.88. The van der Waals surface area contributed by atoms with Gasteiger partial charge in [-0.05, 0) is 0 Å². The van der Waals surface area contributed by atoms with Gasteiger partial charge in [-0.2, -0.15) is 0 Å². The zero-order valence-electron chi connectivity index (χ0n) is 11.4. The number of rotatable bonds is 0. The first-order valence-electron chi connectivity index (χ1n) is 6.25. The number of aromatic hydroxyl groups is 1. The van der Waals surface area contributed by atoms with Gasteiger partial charge in [0.2, 0.25) is 0 Å². The van der Waals surface area contributed by atoms with Crippen molar-refractivity contribution in [2.75, 3.05) is 0 Å². The number of halogens is 9. The number of phenolic OH excluding ortho intramolecular Hbond substituents is 1. The summed E-state index contributed by atoms with van der Waals surface area (Å²) in [7, 11) is 0. The van der Waals surface area contributed by atoms with Crippen molar-refractivity contribution in [2.24, 2.45) is 0 Å². The van der Waals surface area contributed by atoms with Gasteiger partial charge >= 0.3 is 0 Å². The summed E-state index contributed by atoms with van der Waals surface area (Å²) in [6.45, 7) is 0. The van der Waals surface area contributed by atoms with Crippen LogP contribution in [0.15, 0.2) is 5.03 Å². The summed E-state index contributed by atoms with van der Waals surface area (Å²) in [6.07, 6.45) is 0.